The van der Waals surface area contributed by atoms with Crippen LogP contribution in [0.1, 0.15) is 60.6 Å². The van der Waals surface area contributed by atoms with Gasteiger partial charge < -0.3 is 15.0 Å². The van der Waals surface area contributed by atoms with E-state index in [0.29, 0.717) is 11.4 Å². The average molecular weight is 401 g/mol. The lowest BCUT2D eigenvalue weighted by molar-refractivity contribution is -0.126. The summed E-state index contributed by atoms with van der Waals surface area (Å²) in [7, 11) is 1.59. The predicted molar refractivity (Wildman–Crippen MR) is 105 cm³/mol. The highest BCUT2D eigenvalue weighted by Crippen LogP contribution is 2.37. The maximum atomic E-state index is 13.4. The van der Waals surface area contributed by atoms with Crippen LogP contribution in [0.2, 0.25) is 0 Å². The highest BCUT2D eigenvalue weighted by Gasteiger charge is 2.43. The first-order chi connectivity index (χ1) is 13.7. The SMILES string of the molecule is COc1cccc([C@@H](C(=O)NC2CCCC2)N(C(=O)c2csnn2)C2CC2)c1. The van der Waals surface area contributed by atoms with E-state index < -0.39 is 6.04 Å². The van der Waals surface area contributed by atoms with Crippen molar-refractivity contribution in [2.24, 2.45) is 0 Å². The molecule has 28 heavy (non-hydrogen) atoms. The van der Waals surface area contributed by atoms with Crippen LogP contribution < -0.4 is 10.1 Å². The molecule has 0 aliphatic heterocycles. The van der Waals surface area contributed by atoms with Crippen molar-refractivity contribution in [2.45, 2.75) is 56.7 Å². The number of amides is 2. The number of aromatic nitrogens is 2. The molecule has 7 nitrogen and oxygen atoms in total. The van der Waals surface area contributed by atoms with E-state index in [1.54, 1.807) is 17.4 Å². The van der Waals surface area contributed by atoms with Crippen molar-refractivity contribution in [3.8, 4) is 5.75 Å². The average Bonchev–Trinajstić information content (AvgIpc) is 3.17. The second-order valence-corrected chi connectivity index (χ2v) is 8.01. The minimum atomic E-state index is -0.711. The van der Waals surface area contributed by atoms with Crippen LogP contribution in [0.5, 0.6) is 5.75 Å². The smallest absolute Gasteiger partial charge is 0.276 e. The minimum Gasteiger partial charge on any atom is -0.497 e. The van der Waals surface area contributed by atoms with Gasteiger partial charge in [-0.3, -0.25) is 9.59 Å². The summed E-state index contributed by atoms with van der Waals surface area (Å²) in [5.41, 5.74) is 1.04. The summed E-state index contributed by atoms with van der Waals surface area (Å²) in [6.45, 7) is 0. The quantitative estimate of drug-likeness (QED) is 0.772. The number of nitrogens with zero attached hydrogens (tertiary/aromatic N) is 3. The molecule has 0 bridgehead atoms. The molecule has 0 saturated heterocycles. The van der Waals surface area contributed by atoms with E-state index in [9.17, 15) is 9.59 Å². The van der Waals surface area contributed by atoms with Crippen LogP contribution in [0.4, 0.5) is 0 Å². The number of carbonyl (C=O) groups excluding carboxylic acids is 2. The number of nitrogens with one attached hydrogen (secondary N) is 1. The van der Waals surface area contributed by atoms with Crippen LogP contribution in [0, 0.1) is 0 Å². The number of benzene rings is 1. The van der Waals surface area contributed by atoms with Gasteiger partial charge in [-0.25, -0.2) is 0 Å². The van der Waals surface area contributed by atoms with Crippen LogP contribution in [0.15, 0.2) is 29.6 Å². The van der Waals surface area contributed by atoms with E-state index in [1.807, 2.05) is 24.3 Å². The molecular formula is C20H24N4O3S. The molecule has 0 radical (unpaired) electrons. The fourth-order valence-electron chi connectivity index (χ4n) is 3.84. The third-order valence-corrected chi connectivity index (χ3v) is 5.90. The molecule has 1 aromatic carbocycles. The highest BCUT2D eigenvalue weighted by atomic mass is 32.1. The molecule has 1 aromatic heterocycles. The van der Waals surface area contributed by atoms with Crippen molar-refractivity contribution >= 4 is 23.3 Å². The number of rotatable bonds is 7. The Morgan fingerprint density at radius 3 is 2.68 bits per heavy atom. The van der Waals surface area contributed by atoms with Crippen LogP contribution in [-0.2, 0) is 4.79 Å². The summed E-state index contributed by atoms with van der Waals surface area (Å²) in [4.78, 5) is 28.3. The van der Waals surface area contributed by atoms with Gasteiger partial charge in [0.25, 0.3) is 5.91 Å². The van der Waals surface area contributed by atoms with E-state index in [-0.39, 0.29) is 23.9 Å². The van der Waals surface area contributed by atoms with Gasteiger partial charge in [-0.05, 0) is 54.9 Å². The summed E-state index contributed by atoms with van der Waals surface area (Å²) in [6.07, 6.45) is 6.02. The first-order valence-electron chi connectivity index (χ1n) is 9.71. The monoisotopic (exact) mass is 400 g/mol. The molecular weight excluding hydrogens is 376 g/mol. The Morgan fingerprint density at radius 2 is 2.04 bits per heavy atom. The largest absolute Gasteiger partial charge is 0.497 e. The Kier molecular flexibility index (Phi) is 5.57. The zero-order chi connectivity index (χ0) is 19.5. The zero-order valence-corrected chi connectivity index (χ0v) is 16.7. The molecule has 0 unspecified atom stereocenters. The van der Waals surface area contributed by atoms with Crippen LogP contribution >= 0.6 is 11.5 Å². The van der Waals surface area contributed by atoms with Crippen LogP contribution in [0.3, 0.4) is 0 Å². The Hall–Kier alpha value is -2.48. The minimum absolute atomic E-state index is 0.0414. The van der Waals surface area contributed by atoms with Gasteiger partial charge in [0.2, 0.25) is 5.91 Å². The third kappa shape index (κ3) is 4.01. The van der Waals surface area contributed by atoms with Crippen molar-refractivity contribution < 1.29 is 14.3 Å². The second kappa shape index (κ2) is 8.26. The van der Waals surface area contributed by atoms with Gasteiger partial charge in [0.1, 0.15) is 11.8 Å². The fourth-order valence-corrected chi connectivity index (χ4v) is 4.27. The predicted octanol–water partition coefficient (Wildman–Crippen LogP) is 2.95. The molecule has 1 heterocycles. The zero-order valence-electron chi connectivity index (χ0n) is 15.8. The van der Waals surface area contributed by atoms with E-state index in [4.69, 9.17) is 4.74 Å². The molecule has 2 aromatic rings. The number of hydrogen-bond acceptors (Lipinski definition) is 6. The van der Waals surface area contributed by atoms with Gasteiger partial charge in [0.05, 0.1) is 7.11 Å². The summed E-state index contributed by atoms with van der Waals surface area (Å²) in [6, 6.07) is 6.91. The Morgan fingerprint density at radius 1 is 1.25 bits per heavy atom. The summed E-state index contributed by atoms with van der Waals surface area (Å²) >= 11 is 1.14. The van der Waals surface area contributed by atoms with Crippen molar-refractivity contribution in [2.75, 3.05) is 7.11 Å². The molecule has 148 valence electrons. The van der Waals surface area contributed by atoms with Gasteiger partial charge in [0.15, 0.2) is 5.69 Å². The van der Waals surface area contributed by atoms with E-state index in [1.165, 1.54) is 0 Å². The van der Waals surface area contributed by atoms with Gasteiger partial charge in [-0.1, -0.05) is 29.5 Å². The van der Waals surface area contributed by atoms with Gasteiger partial charge in [-0.2, -0.15) is 0 Å². The molecule has 2 fully saturated rings. The van der Waals surface area contributed by atoms with Gasteiger partial charge >= 0.3 is 0 Å². The van der Waals surface area contributed by atoms with Crippen molar-refractivity contribution in [1.29, 1.82) is 0 Å². The highest BCUT2D eigenvalue weighted by molar-refractivity contribution is 7.03. The Labute approximate surface area is 168 Å². The number of methoxy groups -OCH3 is 1. The third-order valence-electron chi connectivity index (χ3n) is 5.39. The molecule has 0 spiro atoms. The summed E-state index contributed by atoms with van der Waals surface area (Å²) < 4.78 is 9.17. The second-order valence-electron chi connectivity index (χ2n) is 7.40. The first-order valence-corrected chi connectivity index (χ1v) is 10.5. The molecule has 2 amide bonds. The topological polar surface area (TPSA) is 84.4 Å². The van der Waals surface area contributed by atoms with Crippen LogP contribution in [-0.4, -0.2) is 45.5 Å². The number of hydrogen-bond donors (Lipinski definition) is 1. The molecule has 8 heteroatoms. The van der Waals surface area contributed by atoms with Gasteiger partial charge in [-0.15, -0.1) is 5.10 Å². The number of ether oxygens (including phenoxy) is 1. The lowest BCUT2D eigenvalue weighted by atomic mass is 10.0. The Bertz CT molecular complexity index is 832. The molecule has 4 rings (SSSR count). The normalized spacial score (nSPS) is 17.9. The first kappa shape index (κ1) is 18.9. The number of carbonyl (C=O) groups is 2. The Balaban J connectivity index is 1.69. The standard InChI is InChI=1S/C20H24N4O3S/c1-27-16-8-4-5-13(11-16)18(19(25)21-14-6-2-3-7-14)24(15-9-10-15)20(26)17-12-28-23-22-17/h4-5,8,11-12,14-15,18H,2-3,6-7,9-10H2,1H3,(H,21,25)/t18-/m0/s1. The molecule has 1 atom stereocenters. The molecule has 2 aliphatic carbocycles. The van der Waals surface area contributed by atoms with E-state index >= 15 is 0 Å². The van der Waals surface area contributed by atoms with E-state index in [2.05, 4.69) is 14.9 Å². The lowest BCUT2D eigenvalue weighted by Gasteiger charge is -2.32. The maximum absolute atomic E-state index is 13.4. The van der Waals surface area contributed by atoms with E-state index in [0.717, 1.165) is 55.6 Å². The summed E-state index contributed by atoms with van der Waals surface area (Å²) in [5.74, 6) is 0.281. The molecule has 2 aliphatic rings. The van der Waals surface area contributed by atoms with Crippen molar-refractivity contribution in [3.63, 3.8) is 0 Å². The van der Waals surface area contributed by atoms with Crippen molar-refractivity contribution in [1.82, 2.24) is 19.8 Å². The fraction of sp³-hybridized carbons (Fsp3) is 0.500. The van der Waals surface area contributed by atoms with Crippen LogP contribution in [0.25, 0.3) is 0 Å². The van der Waals surface area contributed by atoms with Gasteiger partial charge in [0, 0.05) is 17.5 Å². The summed E-state index contributed by atoms with van der Waals surface area (Å²) in [5, 5.41) is 8.75. The van der Waals surface area contributed by atoms with Crippen molar-refractivity contribution in [3.05, 3.63) is 40.9 Å². The lowest BCUT2D eigenvalue weighted by Crippen LogP contribution is -2.47. The maximum Gasteiger partial charge on any atom is 0.276 e. The molecule has 2 saturated carbocycles. The molecule has 1 N–H and O–H groups in total.